The molecule has 0 aromatic heterocycles. The van der Waals surface area contributed by atoms with Gasteiger partial charge in [-0.25, -0.2) is 12.8 Å². The third-order valence-electron chi connectivity index (χ3n) is 3.71. The number of methoxy groups -OCH3 is 1. The maximum atomic E-state index is 13.7. The second kappa shape index (κ2) is 8.83. The van der Waals surface area contributed by atoms with Crippen molar-refractivity contribution in [2.24, 2.45) is 0 Å². The summed E-state index contributed by atoms with van der Waals surface area (Å²) in [6.45, 7) is 1.43. The minimum absolute atomic E-state index is 0.0643. The van der Waals surface area contributed by atoms with E-state index in [4.69, 9.17) is 9.47 Å². The Balaban J connectivity index is 1.97. The predicted molar refractivity (Wildman–Crippen MR) is 101 cm³/mol. The standard InChI is InChI=1S/C19H20FNO6S/c1-12(19(23)14-5-7-15(8-6-14)21-28(3,24)25)27-18(22)11-13-4-9-17(26-2)16(20)10-13/h4-10,12,21H,11H2,1-3H3/t12-/m0/s1. The van der Waals surface area contributed by atoms with E-state index in [1.165, 1.54) is 56.5 Å². The van der Waals surface area contributed by atoms with E-state index in [0.717, 1.165) is 6.26 Å². The van der Waals surface area contributed by atoms with Crippen LogP contribution >= 0.6 is 0 Å². The van der Waals surface area contributed by atoms with Crippen LogP contribution in [0.15, 0.2) is 42.5 Å². The summed E-state index contributed by atoms with van der Waals surface area (Å²) >= 11 is 0. The van der Waals surface area contributed by atoms with Gasteiger partial charge in [0.2, 0.25) is 15.8 Å². The normalized spacial score (nSPS) is 12.1. The molecule has 7 nitrogen and oxygen atoms in total. The van der Waals surface area contributed by atoms with Crippen molar-refractivity contribution in [3.8, 4) is 5.75 Å². The molecule has 2 aromatic carbocycles. The Hall–Kier alpha value is -2.94. The van der Waals surface area contributed by atoms with Gasteiger partial charge in [0, 0.05) is 11.3 Å². The fraction of sp³-hybridized carbons (Fsp3) is 0.263. The molecule has 0 aliphatic rings. The van der Waals surface area contributed by atoms with E-state index in [1.807, 2.05) is 0 Å². The van der Waals surface area contributed by atoms with Gasteiger partial charge in [-0.3, -0.25) is 14.3 Å². The first kappa shape index (κ1) is 21.4. The third kappa shape index (κ3) is 6.05. The van der Waals surface area contributed by atoms with Gasteiger partial charge in [-0.1, -0.05) is 6.07 Å². The fourth-order valence-corrected chi connectivity index (χ4v) is 2.99. The zero-order chi connectivity index (χ0) is 20.9. The molecule has 0 saturated heterocycles. The molecule has 28 heavy (non-hydrogen) atoms. The largest absolute Gasteiger partial charge is 0.494 e. The second-order valence-electron chi connectivity index (χ2n) is 6.09. The molecule has 150 valence electrons. The van der Waals surface area contributed by atoms with Gasteiger partial charge in [0.1, 0.15) is 0 Å². The predicted octanol–water partition coefficient (Wildman–Crippen LogP) is 2.56. The van der Waals surface area contributed by atoms with E-state index in [0.29, 0.717) is 11.3 Å². The molecule has 0 aliphatic heterocycles. The number of esters is 1. The molecule has 0 spiro atoms. The van der Waals surface area contributed by atoms with Crippen molar-refractivity contribution in [3.63, 3.8) is 0 Å². The average molecular weight is 409 g/mol. The lowest BCUT2D eigenvalue weighted by Gasteiger charge is -2.13. The van der Waals surface area contributed by atoms with Gasteiger partial charge < -0.3 is 9.47 Å². The van der Waals surface area contributed by atoms with Crippen molar-refractivity contribution in [1.29, 1.82) is 0 Å². The Morgan fingerprint density at radius 3 is 2.32 bits per heavy atom. The molecule has 0 unspecified atom stereocenters. The number of ketones is 1. The number of rotatable bonds is 8. The number of hydrogen-bond donors (Lipinski definition) is 1. The van der Waals surface area contributed by atoms with Gasteiger partial charge in [-0.05, 0) is 48.9 Å². The quantitative estimate of drug-likeness (QED) is 0.531. The van der Waals surface area contributed by atoms with Gasteiger partial charge in [0.25, 0.3) is 0 Å². The molecule has 1 atom stereocenters. The Kier molecular flexibility index (Phi) is 6.74. The van der Waals surface area contributed by atoms with Crippen molar-refractivity contribution in [2.75, 3.05) is 18.1 Å². The molecule has 2 aromatic rings. The summed E-state index contributed by atoms with van der Waals surface area (Å²) < 4.78 is 48.3. The lowest BCUT2D eigenvalue weighted by Crippen LogP contribution is -2.25. The highest BCUT2D eigenvalue weighted by atomic mass is 32.2. The summed E-state index contributed by atoms with van der Waals surface area (Å²) in [5.74, 6) is -1.66. The monoisotopic (exact) mass is 409 g/mol. The molecule has 0 amide bonds. The highest BCUT2D eigenvalue weighted by molar-refractivity contribution is 7.92. The van der Waals surface area contributed by atoms with Crippen LogP contribution in [0.1, 0.15) is 22.8 Å². The van der Waals surface area contributed by atoms with Crippen LogP contribution in [0.4, 0.5) is 10.1 Å². The van der Waals surface area contributed by atoms with Crippen LogP contribution in [0, 0.1) is 5.82 Å². The zero-order valence-electron chi connectivity index (χ0n) is 15.6. The van der Waals surface area contributed by atoms with E-state index in [9.17, 15) is 22.4 Å². The van der Waals surface area contributed by atoms with Gasteiger partial charge in [-0.15, -0.1) is 0 Å². The van der Waals surface area contributed by atoms with Crippen molar-refractivity contribution in [1.82, 2.24) is 0 Å². The molecule has 1 N–H and O–H groups in total. The van der Waals surface area contributed by atoms with Crippen LogP contribution < -0.4 is 9.46 Å². The van der Waals surface area contributed by atoms with Crippen LogP contribution in [0.5, 0.6) is 5.75 Å². The maximum Gasteiger partial charge on any atom is 0.310 e. The molecule has 9 heteroatoms. The number of hydrogen-bond acceptors (Lipinski definition) is 6. The lowest BCUT2D eigenvalue weighted by molar-refractivity contribution is -0.145. The summed E-state index contributed by atoms with van der Waals surface area (Å²) in [5.41, 5.74) is 0.958. The van der Waals surface area contributed by atoms with Gasteiger partial charge >= 0.3 is 5.97 Å². The van der Waals surface area contributed by atoms with Crippen molar-refractivity contribution in [2.45, 2.75) is 19.4 Å². The summed E-state index contributed by atoms with van der Waals surface area (Å²) in [7, 11) is -2.08. The Morgan fingerprint density at radius 1 is 1.14 bits per heavy atom. The fourth-order valence-electron chi connectivity index (χ4n) is 2.43. The topological polar surface area (TPSA) is 98.8 Å². The molecular formula is C19H20FNO6S. The number of Topliss-reactive ketones (excluding diaryl/α,β-unsaturated/α-hetero) is 1. The zero-order valence-corrected chi connectivity index (χ0v) is 16.4. The van der Waals surface area contributed by atoms with Gasteiger partial charge in [-0.2, -0.15) is 0 Å². The summed E-state index contributed by atoms with van der Waals surface area (Å²) in [5, 5.41) is 0. The molecule has 0 saturated carbocycles. The number of carbonyl (C=O) groups is 2. The smallest absolute Gasteiger partial charge is 0.310 e. The summed E-state index contributed by atoms with van der Waals surface area (Å²) in [4.78, 5) is 24.4. The van der Waals surface area contributed by atoms with Crippen LogP contribution in [-0.2, 0) is 26.0 Å². The molecule has 0 fully saturated rings. The molecule has 0 radical (unpaired) electrons. The Morgan fingerprint density at radius 2 is 1.79 bits per heavy atom. The molecule has 2 rings (SSSR count). The molecule has 0 aliphatic carbocycles. The number of anilines is 1. The SMILES string of the molecule is COc1ccc(CC(=O)O[C@@H](C)C(=O)c2ccc(NS(C)(=O)=O)cc2)cc1F. The van der Waals surface area contributed by atoms with Gasteiger partial charge in [0.15, 0.2) is 17.7 Å². The number of ether oxygens (including phenoxy) is 2. The van der Waals surface area contributed by atoms with Crippen LogP contribution in [0.3, 0.4) is 0 Å². The number of carbonyl (C=O) groups excluding carboxylic acids is 2. The lowest BCUT2D eigenvalue weighted by atomic mass is 10.1. The van der Waals surface area contributed by atoms with E-state index in [1.54, 1.807) is 0 Å². The first-order chi connectivity index (χ1) is 13.1. The van der Waals surface area contributed by atoms with Crippen molar-refractivity contribution >= 4 is 27.5 Å². The highest BCUT2D eigenvalue weighted by Gasteiger charge is 2.20. The molecule has 0 bridgehead atoms. The number of halogens is 1. The van der Waals surface area contributed by atoms with E-state index in [2.05, 4.69) is 4.72 Å². The number of sulfonamides is 1. The van der Waals surface area contributed by atoms with Crippen molar-refractivity contribution in [3.05, 3.63) is 59.4 Å². The first-order valence-electron chi connectivity index (χ1n) is 8.23. The number of benzene rings is 2. The van der Waals surface area contributed by atoms with E-state index >= 15 is 0 Å². The van der Waals surface area contributed by atoms with Crippen LogP contribution in [0.25, 0.3) is 0 Å². The minimum atomic E-state index is -3.42. The van der Waals surface area contributed by atoms with Crippen LogP contribution in [-0.4, -0.2) is 39.6 Å². The Bertz CT molecular complexity index is 972. The second-order valence-corrected chi connectivity index (χ2v) is 7.84. The van der Waals surface area contributed by atoms with Gasteiger partial charge in [0.05, 0.1) is 19.8 Å². The highest BCUT2D eigenvalue weighted by Crippen LogP contribution is 2.19. The Labute approximate surface area is 162 Å². The maximum absolute atomic E-state index is 13.7. The summed E-state index contributed by atoms with van der Waals surface area (Å²) in [6.07, 6.45) is -0.234. The van der Waals surface area contributed by atoms with E-state index < -0.39 is 33.7 Å². The molecule has 0 heterocycles. The molecular weight excluding hydrogens is 389 g/mol. The van der Waals surface area contributed by atoms with Crippen molar-refractivity contribution < 1.29 is 31.9 Å². The summed E-state index contributed by atoms with van der Waals surface area (Å²) in [6, 6.07) is 9.83. The van der Waals surface area contributed by atoms with E-state index in [-0.39, 0.29) is 17.7 Å². The number of nitrogens with one attached hydrogen (secondary N) is 1. The average Bonchev–Trinajstić information content (AvgIpc) is 2.60. The van der Waals surface area contributed by atoms with Crippen LogP contribution in [0.2, 0.25) is 0 Å². The third-order valence-corrected chi connectivity index (χ3v) is 4.32. The minimum Gasteiger partial charge on any atom is -0.494 e. The first-order valence-corrected chi connectivity index (χ1v) is 10.1.